The van der Waals surface area contributed by atoms with Gasteiger partial charge in [-0.15, -0.1) is 0 Å². The molecule has 0 aliphatic carbocycles. The molecule has 0 unspecified atom stereocenters. The van der Waals surface area contributed by atoms with Crippen LogP contribution < -0.4 is 5.32 Å². The second-order valence-electron chi connectivity index (χ2n) is 5.40. The number of nitrogens with zero attached hydrogens (tertiary/aromatic N) is 2. The molecule has 1 N–H and O–H groups in total. The number of hydrogen-bond acceptors (Lipinski definition) is 4. The molecule has 0 aromatic rings. The first-order valence-electron chi connectivity index (χ1n) is 6.65. The van der Waals surface area contributed by atoms with Crippen LogP contribution in [0.4, 0.5) is 13.2 Å². The van der Waals surface area contributed by atoms with E-state index in [0.29, 0.717) is 19.5 Å². The van der Waals surface area contributed by atoms with Gasteiger partial charge in [0.1, 0.15) is 0 Å². The summed E-state index contributed by atoms with van der Waals surface area (Å²) in [7, 11) is 0. The number of carbonyl (C=O) groups excluding carboxylic acids is 2. The van der Waals surface area contributed by atoms with Crippen molar-refractivity contribution in [3.8, 4) is 0 Å². The lowest BCUT2D eigenvalue weighted by Gasteiger charge is -2.43. The number of amides is 2. The lowest BCUT2D eigenvalue weighted by Crippen LogP contribution is -2.61. The van der Waals surface area contributed by atoms with Gasteiger partial charge in [-0.3, -0.25) is 24.7 Å². The van der Waals surface area contributed by atoms with E-state index in [4.69, 9.17) is 0 Å². The van der Waals surface area contributed by atoms with Crippen LogP contribution >= 0.6 is 0 Å². The van der Waals surface area contributed by atoms with Gasteiger partial charge in [0.05, 0.1) is 12.6 Å². The number of carbonyl (C=O) groups is 2. The van der Waals surface area contributed by atoms with Gasteiger partial charge in [0, 0.05) is 32.1 Å². The number of nitrogens with one attached hydrogen (secondary N) is 1. The van der Waals surface area contributed by atoms with Crippen LogP contribution in [0.1, 0.15) is 19.8 Å². The number of alkyl halides is 3. The Labute approximate surface area is 115 Å². The Morgan fingerprint density at radius 2 is 2.00 bits per heavy atom. The smallest absolute Gasteiger partial charge is 0.295 e. The fourth-order valence-electron chi connectivity index (χ4n) is 2.80. The molecule has 0 radical (unpaired) electrons. The Balaban J connectivity index is 1.92. The van der Waals surface area contributed by atoms with Crippen LogP contribution in [0.15, 0.2) is 0 Å². The molecule has 2 amide bonds. The highest BCUT2D eigenvalue weighted by atomic mass is 19.4. The third-order valence-corrected chi connectivity index (χ3v) is 3.83. The van der Waals surface area contributed by atoms with E-state index in [1.807, 2.05) is 4.90 Å². The zero-order valence-electron chi connectivity index (χ0n) is 11.2. The fraction of sp³-hybridized carbons (Fsp3) is 0.833. The maximum Gasteiger partial charge on any atom is 0.401 e. The molecule has 2 aliphatic rings. The van der Waals surface area contributed by atoms with E-state index in [2.05, 4.69) is 5.32 Å². The molecular formula is C12H18F3N3O2. The van der Waals surface area contributed by atoms with Crippen molar-refractivity contribution in [2.75, 3.05) is 26.2 Å². The van der Waals surface area contributed by atoms with Crippen LogP contribution in [0.3, 0.4) is 0 Å². The summed E-state index contributed by atoms with van der Waals surface area (Å²) in [4.78, 5) is 26.1. The quantitative estimate of drug-likeness (QED) is 0.747. The summed E-state index contributed by atoms with van der Waals surface area (Å²) in [5.41, 5.74) is 0. The minimum Gasteiger partial charge on any atom is -0.295 e. The molecular weight excluding hydrogens is 275 g/mol. The Morgan fingerprint density at radius 3 is 2.55 bits per heavy atom. The normalized spacial score (nSPS) is 30.4. The highest BCUT2D eigenvalue weighted by Gasteiger charge is 2.38. The monoisotopic (exact) mass is 293 g/mol. The predicted molar refractivity (Wildman–Crippen MR) is 64.8 cm³/mol. The predicted octanol–water partition coefficient (Wildman–Crippen LogP) is 0.360. The van der Waals surface area contributed by atoms with E-state index in [1.165, 1.54) is 4.90 Å². The molecule has 5 nitrogen and oxygen atoms in total. The second-order valence-corrected chi connectivity index (χ2v) is 5.40. The van der Waals surface area contributed by atoms with Gasteiger partial charge in [0.2, 0.25) is 11.8 Å². The molecule has 2 saturated heterocycles. The lowest BCUT2D eigenvalue weighted by molar-refractivity contribution is -0.158. The van der Waals surface area contributed by atoms with Crippen molar-refractivity contribution in [1.82, 2.24) is 15.1 Å². The Morgan fingerprint density at radius 1 is 1.30 bits per heavy atom. The van der Waals surface area contributed by atoms with Crippen molar-refractivity contribution < 1.29 is 22.8 Å². The molecule has 0 saturated carbocycles. The van der Waals surface area contributed by atoms with Crippen molar-refractivity contribution in [3.63, 3.8) is 0 Å². The Bertz CT molecular complexity index is 400. The van der Waals surface area contributed by atoms with E-state index in [-0.39, 0.29) is 30.8 Å². The molecule has 2 heterocycles. The van der Waals surface area contributed by atoms with Crippen LogP contribution in [0, 0.1) is 0 Å². The van der Waals surface area contributed by atoms with Crippen molar-refractivity contribution in [2.45, 2.75) is 38.0 Å². The van der Waals surface area contributed by atoms with Gasteiger partial charge in [-0.1, -0.05) is 0 Å². The van der Waals surface area contributed by atoms with E-state index >= 15 is 0 Å². The summed E-state index contributed by atoms with van der Waals surface area (Å²) >= 11 is 0. The van der Waals surface area contributed by atoms with Crippen molar-refractivity contribution >= 4 is 11.8 Å². The zero-order chi connectivity index (χ0) is 14.9. The molecule has 2 rings (SSSR count). The summed E-state index contributed by atoms with van der Waals surface area (Å²) in [6.45, 7) is 1.90. The number of rotatable bonds is 2. The Hall–Kier alpha value is -1.15. The SMILES string of the molecule is C[C@@H]1CN([C@H]2CCC(=O)NC2=O)CCN1CC(F)(F)F. The van der Waals surface area contributed by atoms with Crippen LogP contribution in [-0.2, 0) is 9.59 Å². The van der Waals surface area contributed by atoms with Gasteiger partial charge in [0.15, 0.2) is 0 Å². The summed E-state index contributed by atoms with van der Waals surface area (Å²) in [6.07, 6.45) is -3.48. The van der Waals surface area contributed by atoms with Crippen LogP contribution in [-0.4, -0.2) is 66.1 Å². The van der Waals surface area contributed by atoms with Gasteiger partial charge in [-0.25, -0.2) is 0 Å². The summed E-state index contributed by atoms with van der Waals surface area (Å²) < 4.78 is 37.2. The average Bonchev–Trinajstić information content (AvgIpc) is 2.30. The van der Waals surface area contributed by atoms with Crippen molar-refractivity contribution in [2.24, 2.45) is 0 Å². The maximum absolute atomic E-state index is 12.4. The lowest BCUT2D eigenvalue weighted by atomic mass is 10.0. The first kappa shape index (κ1) is 15.2. The largest absolute Gasteiger partial charge is 0.401 e. The third-order valence-electron chi connectivity index (χ3n) is 3.83. The number of hydrogen-bond donors (Lipinski definition) is 1. The summed E-state index contributed by atoms with van der Waals surface area (Å²) in [5, 5.41) is 2.28. The van der Waals surface area contributed by atoms with Gasteiger partial charge >= 0.3 is 6.18 Å². The molecule has 20 heavy (non-hydrogen) atoms. The minimum atomic E-state index is -4.20. The summed E-state index contributed by atoms with van der Waals surface area (Å²) in [6, 6.07) is -0.668. The Kier molecular flexibility index (Phi) is 4.33. The van der Waals surface area contributed by atoms with Crippen LogP contribution in [0.25, 0.3) is 0 Å². The first-order chi connectivity index (χ1) is 9.26. The number of imide groups is 1. The minimum absolute atomic E-state index is 0.268. The van der Waals surface area contributed by atoms with Crippen molar-refractivity contribution in [1.29, 1.82) is 0 Å². The van der Waals surface area contributed by atoms with Gasteiger partial charge in [0.25, 0.3) is 0 Å². The maximum atomic E-state index is 12.4. The first-order valence-corrected chi connectivity index (χ1v) is 6.65. The molecule has 8 heteroatoms. The standard InChI is InChI=1S/C12H18F3N3O2/c1-8-6-17(4-5-18(8)7-12(13,14)15)9-2-3-10(19)16-11(9)20/h8-9H,2-7H2,1H3,(H,16,19,20)/t8-,9+/m1/s1. The van der Waals surface area contributed by atoms with E-state index < -0.39 is 18.8 Å². The van der Waals surface area contributed by atoms with E-state index in [9.17, 15) is 22.8 Å². The fourth-order valence-corrected chi connectivity index (χ4v) is 2.80. The van der Waals surface area contributed by atoms with Gasteiger partial charge in [-0.05, 0) is 13.3 Å². The highest BCUT2D eigenvalue weighted by Crippen LogP contribution is 2.22. The highest BCUT2D eigenvalue weighted by molar-refractivity contribution is 6.00. The van der Waals surface area contributed by atoms with Gasteiger partial charge in [-0.2, -0.15) is 13.2 Å². The zero-order valence-corrected chi connectivity index (χ0v) is 11.2. The molecule has 2 atom stereocenters. The number of piperazine rings is 1. The average molecular weight is 293 g/mol. The number of piperidine rings is 1. The molecule has 0 bridgehead atoms. The van der Waals surface area contributed by atoms with Crippen LogP contribution in [0.5, 0.6) is 0 Å². The third kappa shape index (κ3) is 3.69. The van der Waals surface area contributed by atoms with Crippen molar-refractivity contribution in [3.05, 3.63) is 0 Å². The molecule has 0 aromatic carbocycles. The second kappa shape index (κ2) is 5.69. The molecule has 2 fully saturated rings. The van der Waals surface area contributed by atoms with Crippen LogP contribution in [0.2, 0.25) is 0 Å². The molecule has 114 valence electrons. The van der Waals surface area contributed by atoms with E-state index in [0.717, 1.165) is 0 Å². The number of halogens is 3. The molecule has 0 aromatic heterocycles. The summed E-state index contributed by atoms with van der Waals surface area (Å²) in [5.74, 6) is -0.618. The van der Waals surface area contributed by atoms with E-state index in [1.54, 1.807) is 6.92 Å². The molecule has 0 spiro atoms. The topological polar surface area (TPSA) is 52.7 Å². The van der Waals surface area contributed by atoms with Gasteiger partial charge < -0.3 is 0 Å². The molecule has 2 aliphatic heterocycles.